The molecule has 0 saturated carbocycles. The van der Waals surface area contributed by atoms with Crippen LogP contribution in [0.1, 0.15) is 44.9 Å². The summed E-state index contributed by atoms with van der Waals surface area (Å²) in [7, 11) is 0. The van der Waals surface area contributed by atoms with Gasteiger partial charge in [0.2, 0.25) is 0 Å². The van der Waals surface area contributed by atoms with Gasteiger partial charge in [-0.1, -0.05) is 50.2 Å². The molecule has 2 aliphatic rings. The topological polar surface area (TPSA) is 111 Å². The molecule has 1 atom stereocenters. The summed E-state index contributed by atoms with van der Waals surface area (Å²) in [4.78, 5) is 20.3. The number of aryl methyl sites for hydroxylation is 1. The Morgan fingerprint density at radius 1 is 1.31 bits per heavy atom. The molecule has 1 unspecified atom stereocenters. The Hall–Kier alpha value is -2.20. The zero-order valence-corrected chi connectivity index (χ0v) is 22.5. The third-order valence-corrected chi connectivity index (χ3v) is 7.18. The lowest BCUT2D eigenvalue weighted by atomic mass is 9.92. The highest BCUT2D eigenvalue weighted by atomic mass is 35.5. The van der Waals surface area contributed by atoms with E-state index in [-0.39, 0.29) is 17.1 Å². The summed E-state index contributed by atoms with van der Waals surface area (Å²) in [5.41, 5.74) is 2.40. The van der Waals surface area contributed by atoms with Gasteiger partial charge < -0.3 is 14.8 Å². The van der Waals surface area contributed by atoms with Gasteiger partial charge in [0, 0.05) is 35.8 Å². The molecule has 0 radical (unpaired) electrons. The molecule has 2 heterocycles. The van der Waals surface area contributed by atoms with Gasteiger partial charge in [0.15, 0.2) is 5.84 Å². The van der Waals surface area contributed by atoms with E-state index in [1.54, 1.807) is 13.0 Å². The van der Waals surface area contributed by atoms with E-state index in [0.29, 0.717) is 46.9 Å². The quantitative estimate of drug-likeness (QED) is 0.288. The van der Waals surface area contributed by atoms with Gasteiger partial charge in [0.05, 0.1) is 30.4 Å². The van der Waals surface area contributed by atoms with Crippen molar-refractivity contribution in [2.75, 3.05) is 39.5 Å². The highest BCUT2D eigenvalue weighted by molar-refractivity contribution is 8.28. The fourth-order valence-corrected chi connectivity index (χ4v) is 4.68. The van der Waals surface area contributed by atoms with Crippen LogP contribution in [-0.4, -0.2) is 66.2 Å². The summed E-state index contributed by atoms with van der Waals surface area (Å²) < 4.78 is 10.9. The number of hydrogen-bond acceptors (Lipinski definition) is 9. The Morgan fingerprint density at radius 2 is 2.00 bits per heavy atom. The third kappa shape index (κ3) is 6.94. The number of amidine groups is 1. The van der Waals surface area contributed by atoms with Crippen LogP contribution in [0, 0.1) is 23.2 Å². The van der Waals surface area contributed by atoms with Gasteiger partial charge in [0.25, 0.3) is 0 Å². The molecule has 0 aliphatic carbocycles. The minimum absolute atomic E-state index is 0.129. The Bertz CT molecular complexity index is 1060. The normalized spacial score (nSPS) is 19.1. The molecule has 10 heteroatoms. The first kappa shape index (κ1) is 27.4. The molecule has 0 aromatic heterocycles. The minimum Gasteiger partial charge on any atom is -0.463 e. The van der Waals surface area contributed by atoms with Crippen molar-refractivity contribution in [1.82, 2.24) is 10.2 Å². The molecular formula is C25H34ClN5O3S. The summed E-state index contributed by atoms with van der Waals surface area (Å²) in [6.07, 6.45) is 0. The molecule has 1 aromatic carbocycles. The maximum Gasteiger partial charge on any atom is 0.338 e. The van der Waals surface area contributed by atoms with Crippen LogP contribution in [0.3, 0.4) is 0 Å². The minimum atomic E-state index is -0.664. The second-order valence-electron chi connectivity index (χ2n) is 9.52. The van der Waals surface area contributed by atoms with Crippen molar-refractivity contribution in [3.05, 3.63) is 45.6 Å². The van der Waals surface area contributed by atoms with Gasteiger partial charge in [-0.2, -0.15) is 0 Å². The Kier molecular flexibility index (Phi) is 9.15. The first-order valence-electron chi connectivity index (χ1n) is 11.7. The monoisotopic (exact) mass is 519 g/mol. The van der Waals surface area contributed by atoms with Crippen LogP contribution in [0.4, 0.5) is 0 Å². The first-order chi connectivity index (χ1) is 16.5. The predicted octanol–water partition coefficient (Wildman–Crippen LogP) is 4.57. The number of thioether (sulfide) groups is 1. The van der Waals surface area contributed by atoms with Crippen LogP contribution < -0.4 is 5.32 Å². The summed E-state index contributed by atoms with van der Waals surface area (Å²) in [5, 5.41) is 21.5. The number of carbonyl (C=O) groups excluding carboxylic acids is 1. The third-order valence-electron chi connectivity index (χ3n) is 5.73. The lowest BCUT2D eigenvalue weighted by Crippen LogP contribution is -2.44. The van der Waals surface area contributed by atoms with Crippen LogP contribution in [0.25, 0.3) is 0 Å². The lowest BCUT2D eigenvalue weighted by molar-refractivity contribution is -0.139. The number of esters is 1. The fraction of sp³-hybridized carbons (Fsp3) is 0.520. The molecule has 0 amide bonds. The average molecular weight is 520 g/mol. The van der Waals surface area contributed by atoms with Crippen LogP contribution >= 0.6 is 23.4 Å². The molecule has 3 N–H and O–H groups in total. The first-order valence-corrected chi connectivity index (χ1v) is 12.9. The number of ether oxygens (including phenoxy) is 2. The summed E-state index contributed by atoms with van der Waals surface area (Å²) >= 11 is 7.27. The van der Waals surface area contributed by atoms with Gasteiger partial charge in [-0.15, -0.1) is 0 Å². The molecule has 0 spiro atoms. The smallest absolute Gasteiger partial charge is 0.338 e. The van der Waals surface area contributed by atoms with E-state index in [2.05, 4.69) is 10.2 Å². The zero-order valence-electron chi connectivity index (χ0n) is 21.0. The molecule has 1 fully saturated rings. The van der Waals surface area contributed by atoms with E-state index in [0.717, 1.165) is 36.0 Å². The molecule has 3 rings (SSSR count). The van der Waals surface area contributed by atoms with E-state index < -0.39 is 12.0 Å². The molecule has 2 aliphatic heterocycles. The average Bonchev–Trinajstić information content (AvgIpc) is 2.78. The summed E-state index contributed by atoms with van der Waals surface area (Å²) in [5.74, 6) is -0.105. The lowest BCUT2D eigenvalue weighted by Gasteiger charge is -2.33. The van der Waals surface area contributed by atoms with Gasteiger partial charge in [-0.3, -0.25) is 20.7 Å². The van der Waals surface area contributed by atoms with Crippen molar-refractivity contribution in [3.8, 4) is 0 Å². The number of nitrogens with zero attached hydrogens (tertiary/aromatic N) is 2. The molecule has 190 valence electrons. The van der Waals surface area contributed by atoms with E-state index in [9.17, 15) is 4.79 Å². The van der Waals surface area contributed by atoms with E-state index in [4.69, 9.17) is 36.9 Å². The number of carbonyl (C=O) groups is 1. The van der Waals surface area contributed by atoms with Crippen molar-refractivity contribution >= 4 is 45.3 Å². The molecule has 1 aromatic rings. The number of rotatable bonds is 6. The predicted molar refractivity (Wildman–Crippen MR) is 143 cm³/mol. The molecule has 35 heavy (non-hydrogen) atoms. The molecular weight excluding hydrogens is 486 g/mol. The van der Waals surface area contributed by atoms with Gasteiger partial charge in [-0.25, -0.2) is 4.79 Å². The van der Waals surface area contributed by atoms with Gasteiger partial charge in [0.1, 0.15) is 11.1 Å². The van der Waals surface area contributed by atoms with Crippen molar-refractivity contribution in [2.45, 2.75) is 40.7 Å². The van der Waals surface area contributed by atoms with Gasteiger partial charge in [-0.05, 0) is 37.1 Å². The number of hydrogen-bond donors (Lipinski definition) is 3. The molecule has 8 nitrogen and oxygen atoms in total. The number of aliphatic imine (C=N–C) groups is 1. The van der Waals surface area contributed by atoms with E-state index in [1.165, 1.54) is 0 Å². The second kappa shape index (κ2) is 11.7. The van der Waals surface area contributed by atoms with Crippen LogP contribution in [0.15, 0.2) is 34.5 Å². The number of benzene rings is 1. The van der Waals surface area contributed by atoms with Crippen molar-refractivity contribution in [1.29, 1.82) is 10.8 Å². The molecule has 1 saturated heterocycles. The van der Waals surface area contributed by atoms with Crippen molar-refractivity contribution in [2.24, 2.45) is 10.4 Å². The Labute approximate surface area is 216 Å². The Morgan fingerprint density at radius 3 is 2.60 bits per heavy atom. The van der Waals surface area contributed by atoms with Crippen molar-refractivity contribution in [3.63, 3.8) is 0 Å². The maximum absolute atomic E-state index is 13.2. The SMILES string of the molecule is CCOC(=O)C1=C(CN2CCOCC2)NC(C(=N)SC(=N)C(C)(C)C)=NC1c1ccc(Cl)cc1C. The maximum atomic E-state index is 13.2. The van der Waals surface area contributed by atoms with E-state index in [1.807, 2.05) is 39.8 Å². The second-order valence-corrected chi connectivity index (χ2v) is 11.0. The Balaban J connectivity index is 2.08. The molecule has 0 bridgehead atoms. The summed E-state index contributed by atoms with van der Waals surface area (Å²) in [6, 6.07) is 4.83. The number of halogens is 1. The number of nitrogens with one attached hydrogen (secondary N) is 3. The largest absolute Gasteiger partial charge is 0.463 e. The van der Waals surface area contributed by atoms with E-state index >= 15 is 0 Å². The highest BCUT2D eigenvalue weighted by Crippen LogP contribution is 2.35. The van der Waals surface area contributed by atoms with Crippen LogP contribution in [-0.2, 0) is 14.3 Å². The van der Waals surface area contributed by atoms with Crippen molar-refractivity contribution < 1.29 is 14.3 Å². The van der Waals surface area contributed by atoms with Crippen LogP contribution in [0.2, 0.25) is 5.02 Å². The summed E-state index contributed by atoms with van der Waals surface area (Å²) in [6.45, 7) is 12.9. The van der Waals surface area contributed by atoms with Gasteiger partial charge >= 0.3 is 5.97 Å². The highest BCUT2D eigenvalue weighted by Gasteiger charge is 2.35. The van der Waals surface area contributed by atoms with Crippen LogP contribution in [0.5, 0.6) is 0 Å². The fourth-order valence-electron chi connectivity index (χ4n) is 3.74. The zero-order chi connectivity index (χ0) is 25.8. The standard InChI is InChI=1S/C25H34ClN5O3S/c1-6-34-23(32)19-18(14-31-9-11-33-12-10-31)29-22(21(27)35-24(28)25(3,4)5)30-20(19)17-8-7-16(26)13-15(17)2/h7-8,13,20,27-28H,6,9-12,14H2,1-5H3,(H,29,30). The number of morpholine rings is 1.